The fourth-order valence-corrected chi connectivity index (χ4v) is 2.86. The number of hydrogen-bond acceptors (Lipinski definition) is 3. The number of likely N-dealkylation sites (tertiary alicyclic amines) is 1. The van der Waals surface area contributed by atoms with Crippen molar-refractivity contribution in [1.29, 1.82) is 0 Å². The van der Waals surface area contributed by atoms with Crippen molar-refractivity contribution in [2.45, 2.75) is 24.2 Å². The number of benzene rings is 1. The van der Waals surface area contributed by atoms with Crippen molar-refractivity contribution in [3.63, 3.8) is 0 Å². The van der Waals surface area contributed by atoms with E-state index in [9.17, 15) is 13.2 Å². The zero-order chi connectivity index (χ0) is 13.2. The molecule has 1 heterocycles. The summed E-state index contributed by atoms with van der Waals surface area (Å²) in [6.45, 7) is 1.47. The fraction of sp³-hybridized carbons (Fsp3) is 0.417. The normalized spacial score (nSPS) is 16.6. The number of amides is 1. The summed E-state index contributed by atoms with van der Waals surface area (Å²) in [7, 11) is 1.48. The molecule has 0 bridgehead atoms. The van der Waals surface area contributed by atoms with Gasteiger partial charge in [-0.25, -0.2) is 8.42 Å². The molecule has 1 aliphatic rings. The molecule has 1 aromatic rings. The van der Waals surface area contributed by atoms with Crippen LogP contribution in [0, 0.1) is 0 Å². The minimum Gasteiger partial charge on any atom is -0.339 e. The quantitative estimate of drug-likeness (QED) is 0.784. The van der Waals surface area contributed by atoms with Crippen molar-refractivity contribution in [2.75, 3.05) is 13.1 Å². The highest BCUT2D eigenvalue weighted by molar-refractivity contribution is 8.13. The molecule has 98 valence electrons. The zero-order valence-electron chi connectivity index (χ0n) is 9.80. The third-order valence-electron chi connectivity index (χ3n) is 3.01. The van der Waals surface area contributed by atoms with E-state index in [1.165, 1.54) is 18.2 Å². The summed E-state index contributed by atoms with van der Waals surface area (Å²) < 4.78 is 22.4. The molecule has 0 aliphatic carbocycles. The lowest BCUT2D eigenvalue weighted by Crippen LogP contribution is -2.35. The van der Waals surface area contributed by atoms with Crippen LogP contribution in [-0.4, -0.2) is 32.3 Å². The Hall–Kier alpha value is -1.07. The van der Waals surface area contributed by atoms with Crippen LogP contribution in [0.1, 0.15) is 29.6 Å². The van der Waals surface area contributed by atoms with Crippen LogP contribution in [0.3, 0.4) is 0 Å². The summed E-state index contributed by atoms with van der Waals surface area (Å²) in [5.74, 6) is -0.128. The van der Waals surface area contributed by atoms with Gasteiger partial charge in [-0.15, -0.1) is 0 Å². The number of halogens is 1. The van der Waals surface area contributed by atoms with Crippen molar-refractivity contribution >= 4 is 25.6 Å². The molecule has 0 atom stereocenters. The average Bonchev–Trinajstić information content (AvgIpc) is 2.38. The molecule has 0 unspecified atom stereocenters. The molecule has 1 saturated heterocycles. The molecule has 0 saturated carbocycles. The van der Waals surface area contributed by atoms with Gasteiger partial charge in [0.15, 0.2) is 0 Å². The van der Waals surface area contributed by atoms with Crippen LogP contribution in [-0.2, 0) is 9.05 Å². The second-order valence-corrected chi connectivity index (χ2v) is 6.88. The maximum absolute atomic E-state index is 12.2. The lowest BCUT2D eigenvalue weighted by Gasteiger charge is -2.26. The van der Waals surface area contributed by atoms with Gasteiger partial charge in [-0.05, 0) is 37.5 Å². The second kappa shape index (κ2) is 5.28. The number of piperidine rings is 1. The number of carbonyl (C=O) groups is 1. The third-order valence-corrected chi connectivity index (χ3v) is 4.36. The van der Waals surface area contributed by atoms with Crippen molar-refractivity contribution in [1.82, 2.24) is 4.90 Å². The summed E-state index contributed by atoms with van der Waals surface area (Å²) in [5.41, 5.74) is 0.374. The first kappa shape index (κ1) is 13.4. The second-order valence-electron chi connectivity index (χ2n) is 4.32. The molecule has 0 radical (unpaired) electrons. The van der Waals surface area contributed by atoms with Gasteiger partial charge >= 0.3 is 0 Å². The molecule has 1 aliphatic heterocycles. The fourth-order valence-electron chi connectivity index (χ4n) is 2.06. The van der Waals surface area contributed by atoms with Gasteiger partial charge in [0.1, 0.15) is 0 Å². The Morgan fingerprint density at radius 1 is 1.17 bits per heavy atom. The van der Waals surface area contributed by atoms with E-state index in [2.05, 4.69) is 0 Å². The van der Waals surface area contributed by atoms with Gasteiger partial charge in [0.05, 0.1) is 4.90 Å². The molecule has 18 heavy (non-hydrogen) atoms. The highest BCUT2D eigenvalue weighted by Gasteiger charge is 2.19. The van der Waals surface area contributed by atoms with Gasteiger partial charge < -0.3 is 4.90 Å². The zero-order valence-corrected chi connectivity index (χ0v) is 11.4. The van der Waals surface area contributed by atoms with Gasteiger partial charge in [-0.2, -0.15) is 0 Å². The van der Waals surface area contributed by atoms with Crippen LogP contribution < -0.4 is 0 Å². The first-order valence-corrected chi connectivity index (χ1v) is 8.13. The molecular formula is C12H14ClNO3S. The van der Waals surface area contributed by atoms with Crippen LogP contribution in [0.15, 0.2) is 29.2 Å². The molecule has 2 rings (SSSR count). The number of carbonyl (C=O) groups excluding carboxylic acids is 1. The van der Waals surface area contributed by atoms with Gasteiger partial charge in [-0.3, -0.25) is 4.79 Å². The predicted molar refractivity (Wildman–Crippen MR) is 69.2 cm³/mol. The van der Waals surface area contributed by atoms with E-state index >= 15 is 0 Å². The summed E-state index contributed by atoms with van der Waals surface area (Å²) >= 11 is 0. The van der Waals surface area contributed by atoms with Gasteiger partial charge in [0.2, 0.25) is 0 Å². The van der Waals surface area contributed by atoms with E-state index in [1.54, 1.807) is 11.0 Å². The van der Waals surface area contributed by atoms with Crippen molar-refractivity contribution < 1.29 is 13.2 Å². The Morgan fingerprint density at radius 3 is 2.44 bits per heavy atom. The lowest BCUT2D eigenvalue weighted by molar-refractivity contribution is 0.0724. The Kier molecular flexibility index (Phi) is 3.92. The first-order valence-electron chi connectivity index (χ1n) is 5.82. The molecular weight excluding hydrogens is 274 g/mol. The number of rotatable bonds is 2. The van der Waals surface area contributed by atoms with Gasteiger partial charge in [-0.1, -0.05) is 6.07 Å². The lowest BCUT2D eigenvalue weighted by atomic mass is 10.1. The van der Waals surface area contributed by atoms with Crippen LogP contribution >= 0.6 is 10.7 Å². The summed E-state index contributed by atoms with van der Waals surface area (Å²) in [5, 5.41) is 0. The van der Waals surface area contributed by atoms with E-state index in [0.29, 0.717) is 5.56 Å². The minimum absolute atomic E-state index is 0.0352. The minimum atomic E-state index is -3.79. The molecule has 0 N–H and O–H groups in total. The van der Waals surface area contributed by atoms with Crippen LogP contribution in [0.5, 0.6) is 0 Å². The number of nitrogens with zero attached hydrogens (tertiary/aromatic N) is 1. The van der Waals surface area contributed by atoms with Crippen LogP contribution in [0.4, 0.5) is 0 Å². The van der Waals surface area contributed by atoms with Gasteiger partial charge in [0, 0.05) is 29.3 Å². The van der Waals surface area contributed by atoms with E-state index in [1.807, 2.05) is 0 Å². The summed E-state index contributed by atoms with van der Waals surface area (Å²) in [4.78, 5) is 13.9. The summed E-state index contributed by atoms with van der Waals surface area (Å²) in [6, 6.07) is 5.86. The van der Waals surface area contributed by atoms with E-state index in [-0.39, 0.29) is 10.8 Å². The molecule has 6 heteroatoms. The largest absolute Gasteiger partial charge is 0.339 e. The summed E-state index contributed by atoms with van der Waals surface area (Å²) in [6.07, 6.45) is 3.14. The maximum atomic E-state index is 12.2. The highest BCUT2D eigenvalue weighted by Crippen LogP contribution is 2.18. The molecule has 1 fully saturated rings. The third kappa shape index (κ3) is 3.03. The molecule has 1 aromatic carbocycles. The highest BCUT2D eigenvalue weighted by atomic mass is 35.7. The molecule has 1 amide bonds. The Bertz CT molecular complexity index is 550. The topological polar surface area (TPSA) is 54.5 Å². The predicted octanol–water partition coefficient (Wildman–Crippen LogP) is 2.24. The monoisotopic (exact) mass is 287 g/mol. The van der Waals surface area contributed by atoms with E-state index < -0.39 is 9.05 Å². The standard InChI is InChI=1S/C12H14ClNO3S/c13-18(16,17)11-6-4-5-10(9-11)12(15)14-7-2-1-3-8-14/h4-6,9H,1-3,7-8H2. The number of hydrogen-bond donors (Lipinski definition) is 0. The van der Waals surface area contributed by atoms with Crippen molar-refractivity contribution in [3.05, 3.63) is 29.8 Å². The van der Waals surface area contributed by atoms with E-state index in [4.69, 9.17) is 10.7 Å². The van der Waals surface area contributed by atoms with Gasteiger partial charge in [0.25, 0.3) is 15.0 Å². The Morgan fingerprint density at radius 2 is 1.83 bits per heavy atom. The maximum Gasteiger partial charge on any atom is 0.261 e. The van der Waals surface area contributed by atoms with Crippen molar-refractivity contribution in [2.24, 2.45) is 0 Å². The Balaban J connectivity index is 2.25. The van der Waals surface area contributed by atoms with Crippen molar-refractivity contribution in [3.8, 4) is 0 Å². The SMILES string of the molecule is O=C(c1cccc(S(=O)(=O)Cl)c1)N1CCCCC1. The van der Waals surface area contributed by atoms with E-state index in [0.717, 1.165) is 32.4 Å². The first-order chi connectivity index (χ1) is 8.48. The molecule has 4 nitrogen and oxygen atoms in total. The molecule has 0 aromatic heterocycles. The Labute approximate surface area is 111 Å². The molecule has 0 spiro atoms. The average molecular weight is 288 g/mol. The van der Waals surface area contributed by atoms with Crippen LogP contribution in [0.25, 0.3) is 0 Å². The van der Waals surface area contributed by atoms with Crippen LogP contribution in [0.2, 0.25) is 0 Å². The smallest absolute Gasteiger partial charge is 0.261 e.